The van der Waals surface area contributed by atoms with E-state index in [0.29, 0.717) is 6.04 Å². The van der Waals surface area contributed by atoms with Gasteiger partial charge in [-0.1, -0.05) is 55.6 Å². The van der Waals surface area contributed by atoms with Crippen molar-refractivity contribution in [2.24, 2.45) is 5.92 Å². The number of halogens is 1. The van der Waals surface area contributed by atoms with Crippen molar-refractivity contribution >= 4 is 15.9 Å². The molecule has 0 amide bonds. The topological polar surface area (TPSA) is 12.0 Å². The SMILES string of the molecule is CCNC(CCCC(C)C)c1cc(Br)ccc1C. The molecule has 18 heavy (non-hydrogen) atoms. The number of aryl methyl sites for hydroxylation is 1. The van der Waals surface area contributed by atoms with Crippen molar-refractivity contribution in [3.05, 3.63) is 33.8 Å². The molecule has 0 saturated heterocycles. The predicted molar refractivity (Wildman–Crippen MR) is 84.0 cm³/mol. The second-order valence-electron chi connectivity index (χ2n) is 5.44. The number of nitrogens with one attached hydrogen (secondary N) is 1. The van der Waals surface area contributed by atoms with Crippen LogP contribution in [-0.2, 0) is 0 Å². The van der Waals surface area contributed by atoms with Crippen LogP contribution in [0.3, 0.4) is 0 Å². The average Bonchev–Trinajstić information content (AvgIpc) is 2.31. The molecule has 0 heterocycles. The van der Waals surface area contributed by atoms with Crippen molar-refractivity contribution in [3.8, 4) is 0 Å². The number of benzene rings is 1. The Bertz CT molecular complexity index is 360. The Kier molecular flexibility index (Phi) is 6.95. The van der Waals surface area contributed by atoms with E-state index in [1.807, 2.05) is 0 Å². The summed E-state index contributed by atoms with van der Waals surface area (Å²) in [5.74, 6) is 0.802. The van der Waals surface area contributed by atoms with E-state index < -0.39 is 0 Å². The Labute approximate surface area is 120 Å². The van der Waals surface area contributed by atoms with Gasteiger partial charge in [-0.15, -0.1) is 0 Å². The fourth-order valence-electron chi connectivity index (χ4n) is 2.33. The van der Waals surface area contributed by atoms with Crippen LogP contribution in [0, 0.1) is 12.8 Å². The Balaban J connectivity index is 2.73. The quantitative estimate of drug-likeness (QED) is 0.726. The van der Waals surface area contributed by atoms with Crippen LogP contribution in [0.25, 0.3) is 0 Å². The van der Waals surface area contributed by atoms with E-state index in [-0.39, 0.29) is 0 Å². The van der Waals surface area contributed by atoms with Gasteiger partial charge < -0.3 is 5.32 Å². The van der Waals surface area contributed by atoms with Crippen molar-refractivity contribution in [3.63, 3.8) is 0 Å². The number of hydrogen-bond donors (Lipinski definition) is 1. The molecular weight excluding hydrogens is 286 g/mol. The lowest BCUT2D eigenvalue weighted by molar-refractivity contribution is 0.454. The van der Waals surface area contributed by atoms with E-state index in [0.717, 1.165) is 12.5 Å². The van der Waals surface area contributed by atoms with Crippen molar-refractivity contribution in [2.75, 3.05) is 6.54 Å². The van der Waals surface area contributed by atoms with Gasteiger partial charge in [-0.05, 0) is 49.1 Å². The summed E-state index contributed by atoms with van der Waals surface area (Å²) in [6, 6.07) is 7.08. The molecular formula is C16H26BrN. The molecule has 2 heteroatoms. The third-order valence-corrected chi connectivity index (χ3v) is 3.83. The highest BCUT2D eigenvalue weighted by Crippen LogP contribution is 2.26. The van der Waals surface area contributed by atoms with Crippen molar-refractivity contribution < 1.29 is 0 Å². The molecule has 0 fully saturated rings. The van der Waals surface area contributed by atoms with E-state index in [4.69, 9.17) is 0 Å². The van der Waals surface area contributed by atoms with Gasteiger partial charge in [0.25, 0.3) is 0 Å². The second kappa shape index (κ2) is 7.96. The standard InChI is InChI=1S/C16H26BrN/c1-5-18-16(8-6-7-12(2)3)15-11-14(17)10-9-13(15)4/h9-12,16,18H,5-8H2,1-4H3. The first-order valence-electron chi connectivity index (χ1n) is 7.04. The summed E-state index contributed by atoms with van der Waals surface area (Å²) < 4.78 is 1.18. The number of hydrogen-bond acceptors (Lipinski definition) is 1. The van der Waals surface area contributed by atoms with Crippen LogP contribution in [0.1, 0.15) is 57.2 Å². The Morgan fingerprint density at radius 3 is 2.56 bits per heavy atom. The zero-order valence-corrected chi connectivity index (χ0v) is 13.7. The van der Waals surface area contributed by atoms with E-state index >= 15 is 0 Å². The first-order chi connectivity index (χ1) is 8.54. The Morgan fingerprint density at radius 2 is 1.94 bits per heavy atom. The van der Waals surface area contributed by atoms with E-state index in [1.165, 1.54) is 34.9 Å². The van der Waals surface area contributed by atoms with Crippen LogP contribution < -0.4 is 5.32 Å². The molecule has 0 radical (unpaired) electrons. The molecule has 0 aliphatic rings. The molecule has 102 valence electrons. The molecule has 0 aliphatic carbocycles. The lowest BCUT2D eigenvalue weighted by Crippen LogP contribution is -2.21. The molecule has 0 aromatic heterocycles. The van der Waals surface area contributed by atoms with Crippen molar-refractivity contribution in [1.29, 1.82) is 0 Å². The summed E-state index contributed by atoms with van der Waals surface area (Å²) in [5.41, 5.74) is 2.82. The van der Waals surface area contributed by atoms with Crippen LogP contribution in [-0.4, -0.2) is 6.54 Å². The minimum absolute atomic E-state index is 0.492. The maximum absolute atomic E-state index is 3.62. The monoisotopic (exact) mass is 311 g/mol. The molecule has 0 saturated carbocycles. The van der Waals surface area contributed by atoms with Crippen LogP contribution in [0.5, 0.6) is 0 Å². The Hall–Kier alpha value is -0.340. The van der Waals surface area contributed by atoms with E-state index in [1.54, 1.807) is 0 Å². The van der Waals surface area contributed by atoms with Gasteiger partial charge in [0, 0.05) is 10.5 Å². The van der Waals surface area contributed by atoms with Gasteiger partial charge in [0.2, 0.25) is 0 Å². The first-order valence-corrected chi connectivity index (χ1v) is 7.83. The van der Waals surface area contributed by atoms with Gasteiger partial charge in [0.15, 0.2) is 0 Å². The normalized spacial score (nSPS) is 13.0. The highest BCUT2D eigenvalue weighted by atomic mass is 79.9. The molecule has 1 aromatic carbocycles. The molecule has 0 spiro atoms. The van der Waals surface area contributed by atoms with E-state index in [9.17, 15) is 0 Å². The Morgan fingerprint density at radius 1 is 1.22 bits per heavy atom. The minimum atomic E-state index is 0.492. The second-order valence-corrected chi connectivity index (χ2v) is 6.35. The van der Waals surface area contributed by atoms with Crippen LogP contribution in [0.2, 0.25) is 0 Å². The fraction of sp³-hybridized carbons (Fsp3) is 0.625. The van der Waals surface area contributed by atoms with Crippen LogP contribution in [0.15, 0.2) is 22.7 Å². The minimum Gasteiger partial charge on any atom is -0.310 e. The summed E-state index contributed by atoms with van der Waals surface area (Å²) in [4.78, 5) is 0. The van der Waals surface area contributed by atoms with Gasteiger partial charge in [0.1, 0.15) is 0 Å². The lowest BCUT2D eigenvalue weighted by Gasteiger charge is -2.21. The lowest BCUT2D eigenvalue weighted by atomic mass is 9.95. The van der Waals surface area contributed by atoms with Crippen molar-refractivity contribution in [2.45, 2.75) is 53.0 Å². The smallest absolute Gasteiger partial charge is 0.0323 e. The van der Waals surface area contributed by atoms with Crippen LogP contribution >= 0.6 is 15.9 Å². The molecule has 0 aliphatic heterocycles. The highest BCUT2D eigenvalue weighted by Gasteiger charge is 2.13. The van der Waals surface area contributed by atoms with Gasteiger partial charge in [-0.2, -0.15) is 0 Å². The molecule has 1 unspecified atom stereocenters. The third-order valence-electron chi connectivity index (χ3n) is 3.34. The molecule has 1 nitrogen and oxygen atoms in total. The third kappa shape index (κ3) is 5.11. The van der Waals surface area contributed by atoms with E-state index in [2.05, 4.69) is 67.1 Å². The van der Waals surface area contributed by atoms with Gasteiger partial charge in [-0.3, -0.25) is 0 Å². The van der Waals surface area contributed by atoms with Gasteiger partial charge in [0.05, 0.1) is 0 Å². The summed E-state index contributed by atoms with van der Waals surface area (Å²) >= 11 is 3.58. The first kappa shape index (κ1) is 15.7. The average molecular weight is 312 g/mol. The summed E-state index contributed by atoms with van der Waals surface area (Å²) in [6.45, 7) is 10.0. The molecule has 0 bridgehead atoms. The predicted octanol–water partition coefficient (Wildman–Crippen LogP) is 5.23. The molecule has 1 rings (SSSR count). The maximum Gasteiger partial charge on any atom is 0.0323 e. The van der Waals surface area contributed by atoms with Crippen LogP contribution in [0.4, 0.5) is 0 Å². The summed E-state index contributed by atoms with van der Waals surface area (Å²) in [6.07, 6.45) is 3.83. The summed E-state index contributed by atoms with van der Waals surface area (Å²) in [7, 11) is 0. The van der Waals surface area contributed by atoms with Crippen molar-refractivity contribution in [1.82, 2.24) is 5.32 Å². The highest BCUT2D eigenvalue weighted by molar-refractivity contribution is 9.10. The van der Waals surface area contributed by atoms with Gasteiger partial charge in [-0.25, -0.2) is 0 Å². The maximum atomic E-state index is 3.62. The largest absolute Gasteiger partial charge is 0.310 e. The molecule has 1 aromatic rings. The fourth-order valence-corrected chi connectivity index (χ4v) is 2.71. The zero-order chi connectivity index (χ0) is 13.5. The summed E-state index contributed by atoms with van der Waals surface area (Å²) in [5, 5.41) is 3.62. The number of rotatable bonds is 7. The van der Waals surface area contributed by atoms with Gasteiger partial charge >= 0.3 is 0 Å². The zero-order valence-electron chi connectivity index (χ0n) is 12.1. The molecule has 1 atom stereocenters. The molecule has 1 N–H and O–H groups in total.